The smallest absolute Gasteiger partial charge is 0.314 e. The molecule has 65 valence electrons. The van der Waals surface area contributed by atoms with Gasteiger partial charge in [-0.25, -0.2) is 0 Å². The third kappa shape index (κ3) is 2.66. The Morgan fingerprint density at radius 1 is 1.40 bits per heavy atom. The first-order valence-electron chi connectivity index (χ1n) is 2.52. The summed E-state index contributed by atoms with van der Waals surface area (Å²) >= 11 is 0. The van der Waals surface area contributed by atoms with Crippen molar-refractivity contribution in [3.8, 4) is 0 Å². The van der Waals surface area contributed by atoms with Crippen molar-refractivity contribution < 1.29 is 37.2 Å². The molecule has 10 heavy (non-hydrogen) atoms. The van der Waals surface area contributed by atoms with Crippen molar-refractivity contribution in [1.82, 2.24) is 0 Å². The van der Waals surface area contributed by atoms with Crippen LogP contribution in [0.5, 0.6) is 0 Å². The summed E-state index contributed by atoms with van der Waals surface area (Å²) < 4.78 is 0. The third-order valence-electron chi connectivity index (χ3n) is 1.21. The molecule has 0 bridgehead atoms. The summed E-state index contributed by atoms with van der Waals surface area (Å²) in [7, 11) is 0. The molecule has 0 spiro atoms. The Kier molecular flexibility index (Phi) is 5.89. The van der Waals surface area contributed by atoms with Gasteiger partial charge < -0.3 is 15.3 Å². The summed E-state index contributed by atoms with van der Waals surface area (Å²) in [5.74, 6) is -1.19. The van der Waals surface area contributed by atoms with E-state index in [1.807, 2.05) is 0 Å². The fourth-order valence-corrected chi connectivity index (χ4v) is 0.185. The zero-order valence-corrected chi connectivity index (χ0v) is 6.41. The molecule has 0 heterocycles. The largest absolute Gasteiger partial charge is 0.481 e. The molecule has 0 saturated heterocycles. The summed E-state index contributed by atoms with van der Waals surface area (Å²) in [5.41, 5.74) is -1.39. The van der Waals surface area contributed by atoms with E-state index < -0.39 is 24.6 Å². The zero-order valence-electron chi connectivity index (χ0n) is 5.47. The van der Waals surface area contributed by atoms with E-state index in [1.165, 1.54) is 6.92 Å². The van der Waals surface area contributed by atoms with Gasteiger partial charge in [0.15, 0.2) is 0 Å². The van der Waals surface area contributed by atoms with E-state index in [9.17, 15) is 4.79 Å². The summed E-state index contributed by atoms with van der Waals surface area (Å²) in [6, 6.07) is 0. The van der Waals surface area contributed by atoms with Crippen molar-refractivity contribution in [2.45, 2.75) is 6.92 Å². The molecule has 4 nitrogen and oxygen atoms in total. The second-order valence-corrected chi connectivity index (χ2v) is 2.18. The molecule has 3 N–H and O–H groups in total. The van der Waals surface area contributed by atoms with E-state index in [-0.39, 0.29) is 17.1 Å². The number of aliphatic hydroxyl groups is 2. The Balaban J connectivity index is 0. The maximum Gasteiger partial charge on any atom is 0.314 e. The van der Waals surface area contributed by atoms with Gasteiger partial charge in [-0.1, -0.05) is 0 Å². The van der Waals surface area contributed by atoms with Crippen molar-refractivity contribution in [3.63, 3.8) is 0 Å². The molecule has 0 unspecified atom stereocenters. The van der Waals surface area contributed by atoms with Crippen LogP contribution in [0, 0.1) is 5.41 Å². The average Bonchev–Trinajstić information content (AvgIpc) is 1.86. The molecule has 0 saturated carbocycles. The van der Waals surface area contributed by atoms with Gasteiger partial charge in [-0.05, 0) is 6.92 Å². The van der Waals surface area contributed by atoms with Gasteiger partial charge in [0, 0.05) is 17.1 Å². The van der Waals surface area contributed by atoms with Crippen LogP contribution >= 0.6 is 0 Å². The third-order valence-corrected chi connectivity index (χ3v) is 1.21. The Morgan fingerprint density at radius 2 is 1.70 bits per heavy atom. The van der Waals surface area contributed by atoms with Crippen molar-refractivity contribution in [2.75, 3.05) is 13.2 Å². The van der Waals surface area contributed by atoms with Gasteiger partial charge in [0.05, 0.1) is 13.2 Å². The number of rotatable bonds is 3. The fourth-order valence-electron chi connectivity index (χ4n) is 0.185. The molecule has 1 radical (unpaired) electrons. The molecular weight excluding hydrogens is 188 g/mol. The molecule has 0 aromatic heterocycles. The summed E-state index contributed by atoms with van der Waals surface area (Å²) in [6.07, 6.45) is 0. The van der Waals surface area contributed by atoms with Gasteiger partial charge in [0.2, 0.25) is 0 Å². The Morgan fingerprint density at radius 3 is 1.70 bits per heavy atom. The molecule has 0 aromatic rings. The van der Waals surface area contributed by atoms with Crippen LogP contribution in [0.1, 0.15) is 6.92 Å². The van der Waals surface area contributed by atoms with Crippen molar-refractivity contribution in [3.05, 3.63) is 0 Å². The maximum absolute atomic E-state index is 10.2. The van der Waals surface area contributed by atoms with Crippen LogP contribution in [0.25, 0.3) is 0 Å². The van der Waals surface area contributed by atoms with Gasteiger partial charge in [0.1, 0.15) is 5.41 Å². The monoisotopic (exact) mass is 197 g/mol. The number of hydrogen-bond donors (Lipinski definition) is 3. The molecule has 0 fully saturated rings. The van der Waals surface area contributed by atoms with E-state index in [0.717, 1.165) is 0 Å². The molecule has 5 heteroatoms. The maximum atomic E-state index is 10.2. The predicted molar refractivity (Wildman–Crippen MR) is 29.9 cm³/mol. The minimum Gasteiger partial charge on any atom is -0.481 e. The topological polar surface area (TPSA) is 77.8 Å². The molecule has 0 atom stereocenters. The van der Waals surface area contributed by atoms with Crippen LogP contribution in [0.3, 0.4) is 0 Å². The zero-order chi connectivity index (χ0) is 7.49. The SMILES string of the molecule is CC(CO)(CO)C(=O)O.[Cu]. The van der Waals surface area contributed by atoms with Crippen LogP contribution in [-0.2, 0) is 21.9 Å². The Hall–Kier alpha value is -0.0905. The number of carbonyl (C=O) groups is 1. The molecule has 0 aliphatic carbocycles. The number of hydrogen-bond acceptors (Lipinski definition) is 3. The van der Waals surface area contributed by atoms with Crippen LogP contribution < -0.4 is 0 Å². The van der Waals surface area contributed by atoms with Crippen molar-refractivity contribution in [1.29, 1.82) is 0 Å². The van der Waals surface area contributed by atoms with Gasteiger partial charge in [-0.15, -0.1) is 0 Å². The van der Waals surface area contributed by atoms with E-state index in [1.54, 1.807) is 0 Å². The first kappa shape index (κ1) is 12.6. The van der Waals surface area contributed by atoms with Crippen molar-refractivity contribution >= 4 is 5.97 Å². The predicted octanol–water partition coefficient (Wildman–Crippen LogP) is -0.941. The second-order valence-electron chi connectivity index (χ2n) is 2.18. The molecule has 0 amide bonds. The number of carboxylic acid groups (broad SMARTS) is 1. The first-order chi connectivity index (χ1) is 4.06. The molecule has 0 rings (SSSR count). The Labute approximate surface area is 69.3 Å². The molecule has 0 aliphatic rings. The standard InChI is InChI=1S/C5H10O4.Cu/c1-5(2-6,3-7)4(8)9;/h6-7H,2-3H2,1H3,(H,8,9);. The Bertz CT molecular complexity index is 110. The fraction of sp³-hybridized carbons (Fsp3) is 0.800. The van der Waals surface area contributed by atoms with E-state index in [2.05, 4.69) is 0 Å². The number of carboxylic acids is 1. The molecular formula is C5H10CuO4. The minimum atomic E-state index is -1.39. The van der Waals surface area contributed by atoms with Crippen LogP contribution in [0.4, 0.5) is 0 Å². The van der Waals surface area contributed by atoms with E-state index >= 15 is 0 Å². The van der Waals surface area contributed by atoms with Crippen molar-refractivity contribution in [2.24, 2.45) is 5.41 Å². The summed E-state index contributed by atoms with van der Waals surface area (Å²) in [5, 5.41) is 25.1. The van der Waals surface area contributed by atoms with E-state index in [4.69, 9.17) is 15.3 Å². The van der Waals surface area contributed by atoms with Crippen LogP contribution in [0.2, 0.25) is 0 Å². The van der Waals surface area contributed by atoms with Gasteiger partial charge in [-0.3, -0.25) is 4.79 Å². The van der Waals surface area contributed by atoms with Crippen LogP contribution in [0.15, 0.2) is 0 Å². The number of aliphatic hydroxyl groups excluding tert-OH is 2. The summed E-state index contributed by atoms with van der Waals surface area (Å²) in [6.45, 7) is 0.187. The van der Waals surface area contributed by atoms with Crippen LogP contribution in [-0.4, -0.2) is 34.5 Å². The molecule has 0 aromatic carbocycles. The second kappa shape index (κ2) is 4.68. The van der Waals surface area contributed by atoms with Gasteiger partial charge in [-0.2, -0.15) is 0 Å². The summed E-state index contributed by atoms with van der Waals surface area (Å²) in [4.78, 5) is 10.2. The normalized spacial score (nSPS) is 10.3. The molecule has 0 aliphatic heterocycles. The van der Waals surface area contributed by atoms with Gasteiger partial charge >= 0.3 is 5.97 Å². The van der Waals surface area contributed by atoms with E-state index in [0.29, 0.717) is 0 Å². The van der Waals surface area contributed by atoms with Gasteiger partial charge in [0.25, 0.3) is 0 Å². The minimum absolute atomic E-state index is 0. The number of aliphatic carboxylic acids is 1. The quantitative estimate of drug-likeness (QED) is 0.511. The average molecular weight is 198 g/mol. The first-order valence-corrected chi connectivity index (χ1v) is 2.52.